The van der Waals surface area contributed by atoms with Gasteiger partial charge in [-0.2, -0.15) is 12.7 Å². The first-order valence-corrected chi connectivity index (χ1v) is 8.37. The van der Waals surface area contributed by atoms with E-state index in [0.29, 0.717) is 37.4 Å². The molecule has 1 aliphatic rings. The Morgan fingerprint density at radius 3 is 2.62 bits per heavy atom. The van der Waals surface area contributed by atoms with E-state index in [-0.39, 0.29) is 12.5 Å². The van der Waals surface area contributed by atoms with Crippen LogP contribution in [0.25, 0.3) is 0 Å². The fourth-order valence-corrected chi connectivity index (χ4v) is 3.83. The predicted octanol–water partition coefficient (Wildman–Crippen LogP) is 1.08. The summed E-state index contributed by atoms with van der Waals surface area (Å²) in [7, 11) is -0.449. The van der Waals surface area contributed by atoms with Crippen LogP contribution in [-0.2, 0) is 10.2 Å². The summed E-state index contributed by atoms with van der Waals surface area (Å²) < 4.78 is 33.1. The van der Waals surface area contributed by atoms with Gasteiger partial charge in [-0.3, -0.25) is 4.31 Å². The molecule has 1 heterocycles. The molecule has 118 valence electrons. The van der Waals surface area contributed by atoms with Crippen LogP contribution >= 0.6 is 0 Å². The maximum Gasteiger partial charge on any atom is 0.303 e. The Morgan fingerprint density at radius 1 is 1.38 bits per heavy atom. The molecule has 0 amide bonds. The van der Waals surface area contributed by atoms with E-state index in [0.717, 1.165) is 0 Å². The maximum absolute atomic E-state index is 12.6. The molecule has 1 aromatic rings. The topological polar surface area (TPSA) is 70.1 Å². The highest BCUT2D eigenvalue weighted by Gasteiger charge is 2.31. The predicted molar refractivity (Wildman–Crippen MR) is 81.7 cm³/mol. The van der Waals surface area contributed by atoms with Gasteiger partial charge < -0.3 is 9.84 Å². The summed E-state index contributed by atoms with van der Waals surface area (Å²) in [6.45, 7) is 1.02. The summed E-state index contributed by atoms with van der Waals surface area (Å²) in [6.07, 6.45) is 1.39. The maximum atomic E-state index is 12.6. The number of hydrogen-bond donors (Lipinski definition) is 1. The smallest absolute Gasteiger partial charge is 0.303 e. The van der Waals surface area contributed by atoms with Crippen molar-refractivity contribution >= 4 is 15.9 Å². The van der Waals surface area contributed by atoms with Crippen LogP contribution in [0.4, 0.5) is 5.69 Å². The van der Waals surface area contributed by atoms with E-state index in [1.807, 2.05) is 0 Å². The van der Waals surface area contributed by atoms with Crippen LogP contribution in [0, 0.1) is 5.92 Å². The number of aliphatic hydroxyl groups is 1. The van der Waals surface area contributed by atoms with Gasteiger partial charge in [-0.05, 0) is 30.9 Å². The summed E-state index contributed by atoms with van der Waals surface area (Å²) in [4.78, 5) is 0. The van der Waals surface area contributed by atoms with Gasteiger partial charge >= 0.3 is 10.2 Å². The first-order valence-electron chi connectivity index (χ1n) is 6.98. The number of piperidine rings is 1. The molecule has 0 spiro atoms. The standard InChI is InChI=1S/C14H22N2O4S/c1-15(13-4-3-5-14(10-13)20-2)21(18,19)16-8-6-12(11-17)7-9-16/h3-5,10,12,17H,6-9,11H2,1-2H3. The normalized spacial score (nSPS) is 17.7. The molecule has 0 radical (unpaired) electrons. The van der Waals surface area contributed by atoms with Crippen LogP contribution in [-0.4, -0.2) is 51.7 Å². The number of rotatable bonds is 5. The Bertz CT molecular complexity index is 568. The molecule has 0 aliphatic carbocycles. The van der Waals surface area contributed by atoms with E-state index in [2.05, 4.69) is 0 Å². The summed E-state index contributed by atoms with van der Waals surface area (Å²) in [5.41, 5.74) is 0.568. The van der Waals surface area contributed by atoms with Crippen molar-refractivity contribution in [2.24, 2.45) is 5.92 Å². The van der Waals surface area contributed by atoms with Crippen LogP contribution < -0.4 is 9.04 Å². The van der Waals surface area contributed by atoms with Gasteiger partial charge in [0.05, 0.1) is 12.8 Å². The quantitative estimate of drug-likeness (QED) is 0.883. The molecule has 21 heavy (non-hydrogen) atoms. The zero-order chi connectivity index (χ0) is 15.5. The minimum Gasteiger partial charge on any atom is -0.497 e. The molecule has 0 saturated carbocycles. The summed E-state index contributed by atoms with van der Waals surface area (Å²) in [5, 5.41) is 9.13. The lowest BCUT2D eigenvalue weighted by Crippen LogP contribution is -2.46. The second kappa shape index (κ2) is 6.64. The number of ether oxygens (including phenoxy) is 1. The molecule has 6 nitrogen and oxygen atoms in total. The summed E-state index contributed by atoms with van der Waals surface area (Å²) in [6, 6.07) is 6.97. The van der Waals surface area contributed by atoms with Gasteiger partial charge in [0.2, 0.25) is 0 Å². The molecule has 1 fully saturated rings. The van der Waals surface area contributed by atoms with Crippen molar-refractivity contribution in [1.82, 2.24) is 4.31 Å². The molecule has 1 aliphatic heterocycles. The van der Waals surface area contributed by atoms with Crippen molar-refractivity contribution in [3.63, 3.8) is 0 Å². The van der Waals surface area contributed by atoms with E-state index in [4.69, 9.17) is 9.84 Å². The van der Waals surface area contributed by atoms with Crippen molar-refractivity contribution < 1.29 is 18.3 Å². The summed E-state index contributed by atoms with van der Waals surface area (Å²) >= 11 is 0. The lowest BCUT2D eigenvalue weighted by Gasteiger charge is -2.33. The lowest BCUT2D eigenvalue weighted by atomic mass is 10.00. The van der Waals surface area contributed by atoms with Crippen molar-refractivity contribution in [2.45, 2.75) is 12.8 Å². The van der Waals surface area contributed by atoms with Crippen molar-refractivity contribution in [1.29, 1.82) is 0 Å². The monoisotopic (exact) mass is 314 g/mol. The average molecular weight is 314 g/mol. The minimum absolute atomic E-state index is 0.125. The average Bonchev–Trinajstić information content (AvgIpc) is 2.54. The van der Waals surface area contributed by atoms with Gasteiger partial charge in [0.15, 0.2) is 0 Å². The van der Waals surface area contributed by atoms with Gasteiger partial charge in [0.25, 0.3) is 0 Å². The summed E-state index contributed by atoms with van der Waals surface area (Å²) in [5.74, 6) is 0.826. The highest BCUT2D eigenvalue weighted by molar-refractivity contribution is 7.90. The number of methoxy groups -OCH3 is 1. The third kappa shape index (κ3) is 3.48. The zero-order valence-electron chi connectivity index (χ0n) is 12.4. The fourth-order valence-electron chi connectivity index (χ4n) is 2.44. The van der Waals surface area contributed by atoms with Crippen LogP contribution in [0.2, 0.25) is 0 Å². The van der Waals surface area contributed by atoms with Gasteiger partial charge in [0, 0.05) is 32.8 Å². The molecule has 0 atom stereocenters. The molecular formula is C14H22N2O4S. The molecule has 1 saturated heterocycles. The second-order valence-electron chi connectivity index (χ2n) is 5.20. The van der Waals surface area contributed by atoms with Crippen LogP contribution in [0.3, 0.4) is 0 Å². The van der Waals surface area contributed by atoms with E-state index in [1.54, 1.807) is 38.4 Å². The lowest BCUT2D eigenvalue weighted by molar-refractivity contribution is 0.170. The molecular weight excluding hydrogens is 292 g/mol. The van der Waals surface area contributed by atoms with Gasteiger partial charge in [-0.15, -0.1) is 0 Å². The molecule has 1 N–H and O–H groups in total. The SMILES string of the molecule is COc1cccc(N(C)S(=O)(=O)N2CCC(CO)CC2)c1. The fraction of sp³-hybridized carbons (Fsp3) is 0.571. The molecule has 0 aromatic heterocycles. The van der Waals surface area contributed by atoms with Crippen molar-refractivity contribution in [2.75, 3.05) is 38.2 Å². The number of aliphatic hydroxyl groups excluding tert-OH is 1. The van der Waals surface area contributed by atoms with Crippen LogP contribution in [0.1, 0.15) is 12.8 Å². The molecule has 2 rings (SSSR count). The molecule has 0 unspecified atom stereocenters. The highest BCUT2D eigenvalue weighted by atomic mass is 32.2. The Kier molecular flexibility index (Phi) is 5.08. The molecule has 1 aromatic carbocycles. The van der Waals surface area contributed by atoms with E-state index >= 15 is 0 Å². The first-order chi connectivity index (χ1) is 9.98. The van der Waals surface area contributed by atoms with Gasteiger partial charge in [0.1, 0.15) is 5.75 Å². The zero-order valence-corrected chi connectivity index (χ0v) is 13.2. The van der Waals surface area contributed by atoms with Gasteiger partial charge in [-0.25, -0.2) is 0 Å². The Hall–Kier alpha value is -1.31. The van der Waals surface area contributed by atoms with E-state index in [9.17, 15) is 8.42 Å². The second-order valence-corrected chi connectivity index (χ2v) is 7.16. The number of benzene rings is 1. The largest absolute Gasteiger partial charge is 0.497 e. The Balaban J connectivity index is 2.15. The van der Waals surface area contributed by atoms with Crippen molar-refractivity contribution in [3.8, 4) is 5.75 Å². The third-order valence-electron chi connectivity index (χ3n) is 3.92. The minimum atomic E-state index is -3.54. The molecule has 7 heteroatoms. The third-order valence-corrected chi connectivity index (χ3v) is 5.84. The van der Waals surface area contributed by atoms with Gasteiger partial charge in [-0.1, -0.05) is 6.07 Å². The van der Waals surface area contributed by atoms with E-state index in [1.165, 1.54) is 8.61 Å². The van der Waals surface area contributed by atoms with Crippen LogP contribution in [0.5, 0.6) is 5.75 Å². The Labute approximate surface area is 126 Å². The van der Waals surface area contributed by atoms with Crippen LogP contribution in [0.15, 0.2) is 24.3 Å². The number of nitrogens with zero attached hydrogens (tertiary/aromatic N) is 2. The number of hydrogen-bond acceptors (Lipinski definition) is 4. The highest BCUT2D eigenvalue weighted by Crippen LogP contribution is 2.26. The van der Waals surface area contributed by atoms with E-state index < -0.39 is 10.2 Å². The molecule has 0 bridgehead atoms. The first kappa shape index (κ1) is 16.1. The Morgan fingerprint density at radius 2 is 2.05 bits per heavy atom. The number of anilines is 1. The van der Waals surface area contributed by atoms with Crippen molar-refractivity contribution in [3.05, 3.63) is 24.3 Å².